The largest absolute Gasteiger partial charge is 0.360 e. The Hall–Kier alpha value is -2.30. The Morgan fingerprint density at radius 1 is 1.04 bits per heavy atom. The summed E-state index contributed by atoms with van der Waals surface area (Å²) >= 11 is 0. The molecule has 1 aliphatic carbocycles. The van der Waals surface area contributed by atoms with Gasteiger partial charge in [-0.05, 0) is 31.7 Å². The lowest BCUT2D eigenvalue weighted by Gasteiger charge is -2.32. The molecule has 4 rings (SSSR count). The maximum atomic E-state index is 12.9. The van der Waals surface area contributed by atoms with Crippen molar-refractivity contribution >= 4 is 22.7 Å². The van der Waals surface area contributed by atoms with E-state index in [1.165, 1.54) is 12.8 Å². The molecule has 1 saturated heterocycles. The van der Waals surface area contributed by atoms with Gasteiger partial charge in [0, 0.05) is 47.7 Å². The first-order valence-corrected chi connectivity index (χ1v) is 9.38. The number of carbonyl (C=O) groups excluding carboxylic acids is 2. The van der Waals surface area contributed by atoms with E-state index >= 15 is 0 Å². The fourth-order valence-corrected chi connectivity index (χ4v) is 4.18. The van der Waals surface area contributed by atoms with Crippen molar-refractivity contribution in [1.29, 1.82) is 0 Å². The van der Waals surface area contributed by atoms with Gasteiger partial charge in [-0.3, -0.25) is 4.79 Å². The molecule has 0 atom stereocenters. The molecule has 5 heteroatoms. The minimum atomic E-state index is 0.00902. The first-order valence-electron chi connectivity index (χ1n) is 9.38. The molecule has 2 N–H and O–H groups in total. The molecular formula is C20H25N3O2. The highest BCUT2D eigenvalue weighted by atomic mass is 16.2. The van der Waals surface area contributed by atoms with Crippen molar-refractivity contribution in [3.8, 4) is 0 Å². The van der Waals surface area contributed by atoms with E-state index in [1.54, 1.807) is 0 Å². The van der Waals surface area contributed by atoms with Crippen LogP contribution in [0.4, 0.5) is 4.79 Å². The zero-order valence-corrected chi connectivity index (χ0v) is 14.5. The van der Waals surface area contributed by atoms with Gasteiger partial charge in [-0.25, -0.2) is 4.79 Å². The van der Waals surface area contributed by atoms with Crippen LogP contribution in [0.1, 0.15) is 48.9 Å². The molecule has 2 fully saturated rings. The summed E-state index contributed by atoms with van der Waals surface area (Å²) in [4.78, 5) is 30.3. The molecule has 25 heavy (non-hydrogen) atoms. The van der Waals surface area contributed by atoms with Gasteiger partial charge in [0.1, 0.15) is 0 Å². The zero-order chi connectivity index (χ0) is 17.2. The number of hydrogen-bond acceptors (Lipinski definition) is 2. The van der Waals surface area contributed by atoms with E-state index in [4.69, 9.17) is 0 Å². The Morgan fingerprint density at radius 3 is 2.52 bits per heavy atom. The first-order chi connectivity index (χ1) is 12.2. The van der Waals surface area contributed by atoms with E-state index in [1.807, 2.05) is 35.4 Å². The third-order valence-corrected chi connectivity index (χ3v) is 5.69. The van der Waals surface area contributed by atoms with Gasteiger partial charge in [0.15, 0.2) is 5.78 Å². The van der Waals surface area contributed by atoms with Crippen LogP contribution in [-0.4, -0.2) is 40.8 Å². The molecule has 1 saturated carbocycles. The number of piperidine rings is 1. The van der Waals surface area contributed by atoms with E-state index in [0.29, 0.717) is 19.1 Å². The highest BCUT2D eigenvalue weighted by molar-refractivity contribution is 6.08. The number of fused-ring (bicyclic) bond motifs is 1. The van der Waals surface area contributed by atoms with Crippen molar-refractivity contribution in [2.24, 2.45) is 5.92 Å². The van der Waals surface area contributed by atoms with Crippen molar-refractivity contribution in [2.45, 2.75) is 44.6 Å². The molecule has 0 bridgehead atoms. The molecule has 2 aromatic rings. The van der Waals surface area contributed by atoms with Crippen molar-refractivity contribution in [2.75, 3.05) is 13.1 Å². The lowest BCUT2D eigenvalue weighted by atomic mass is 9.89. The fourth-order valence-electron chi connectivity index (χ4n) is 4.18. The molecule has 2 heterocycles. The first kappa shape index (κ1) is 16.2. The number of amides is 2. The molecular weight excluding hydrogens is 314 g/mol. The quantitative estimate of drug-likeness (QED) is 0.837. The van der Waals surface area contributed by atoms with Gasteiger partial charge in [0.25, 0.3) is 0 Å². The minimum absolute atomic E-state index is 0.00902. The normalized spacial score (nSPS) is 19.4. The predicted molar refractivity (Wildman–Crippen MR) is 97.7 cm³/mol. The fraction of sp³-hybridized carbons (Fsp3) is 0.500. The number of para-hydroxylation sites is 1. The second-order valence-electron chi connectivity index (χ2n) is 7.30. The smallest absolute Gasteiger partial charge is 0.317 e. The summed E-state index contributed by atoms with van der Waals surface area (Å²) in [6, 6.07) is 8.30. The van der Waals surface area contributed by atoms with Crippen LogP contribution >= 0.6 is 0 Å². The Balaban J connectivity index is 1.36. The van der Waals surface area contributed by atoms with E-state index in [0.717, 1.165) is 42.1 Å². The number of hydrogen-bond donors (Lipinski definition) is 2. The minimum Gasteiger partial charge on any atom is -0.360 e. The van der Waals surface area contributed by atoms with Gasteiger partial charge in [0.05, 0.1) is 0 Å². The number of aromatic nitrogens is 1. The molecule has 1 aromatic carbocycles. The number of benzene rings is 1. The van der Waals surface area contributed by atoms with Crippen LogP contribution in [0, 0.1) is 5.92 Å². The Kier molecular flexibility index (Phi) is 4.47. The van der Waals surface area contributed by atoms with Crippen molar-refractivity contribution < 1.29 is 9.59 Å². The lowest BCUT2D eigenvalue weighted by Crippen LogP contribution is -2.48. The van der Waals surface area contributed by atoms with E-state index in [-0.39, 0.29) is 17.7 Å². The van der Waals surface area contributed by atoms with Crippen molar-refractivity contribution in [3.05, 3.63) is 36.0 Å². The number of H-pyrrole nitrogens is 1. The van der Waals surface area contributed by atoms with Gasteiger partial charge < -0.3 is 15.2 Å². The molecule has 0 spiro atoms. The maximum Gasteiger partial charge on any atom is 0.317 e. The standard InChI is InChI=1S/C20H25N3O2/c24-19(17-13-21-18-8-4-3-7-16(17)18)14-9-11-23(12-10-14)20(25)22-15-5-1-2-6-15/h3-4,7-8,13-15,21H,1-2,5-6,9-12H2,(H,22,25). The lowest BCUT2D eigenvalue weighted by molar-refractivity contribution is 0.0855. The van der Waals surface area contributed by atoms with Gasteiger partial charge in [-0.15, -0.1) is 0 Å². The third-order valence-electron chi connectivity index (χ3n) is 5.69. The Bertz CT molecular complexity index is 768. The van der Waals surface area contributed by atoms with Crippen LogP contribution in [-0.2, 0) is 0 Å². The number of nitrogens with zero attached hydrogens (tertiary/aromatic N) is 1. The van der Waals surface area contributed by atoms with Crippen molar-refractivity contribution in [1.82, 2.24) is 15.2 Å². The average molecular weight is 339 g/mol. The van der Waals surface area contributed by atoms with Crippen LogP contribution in [0.2, 0.25) is 0 Å². The molecule has 0 radical (unpaired) electrons. The topological polar surface area (TPSA) is 65.2 Å². The number of carbonyl (C=O) groups is 2. The summed E-state index contributed by atoms with van der Waals surface area (Å²) in [6.07, 6.45) is 7.94. The highest BCUT2D eigenvalue weighted by Gasteiger charge is 2.30. The molecule has 2 amide bonds. The Morgan fingerprint density at radius 2 is 1.76 bits per heavy atom. The summed E-state index contributed by atoms with van der Waals surface area (Å²) in [7, 11) is 0. The molecule has 0 unspecified atom stereocenters. The van der Waals surface area contributed by atoms with Crippen LogP contribution in [0.3, 0.4) is 0 Å². The van der Waals surface area contributed by atoms with E-state index < -0.39 is 0 Å². The molecule has 1 aliphatic heterocycles. The SMILES string of the molecule is O=C(c1c[nH]c2ccccc12)C1CCN(C(=O)NC2CCCC2)CC1. The van der Waals surface area contributed by atoms with Crippen LogP contribution < -0.4 is 5.32 Å². The Labute approximate surface area is 147 Å². The molecule has 2 aliphatic rings. The van der Waals surface area contributed by atoms with Gasteiger partial charge in [-0.1, -0.05) is 31.0 Å². The summed E-state index contributed by atoms with van der Waals surface area (Å²) < 4.78 is 0. The van der Waals surface area contributed by atoms with Crippen LogP contribution in [0.5, 0.6) is 0 Å². The monoisotopic (exact) mass is 339 g/mol. The second kappa shape index (κ2) is 6.90. The summed E-state index contributed by atoms with van der Waals surface area (Å²) in [5.41, 5.74) is 1.78. The highest BCUT2D eigenvalue weighted by Crippen LogP contribution is 2.26. The number of urea groups is 1. The number of Topliss-reactive ketones (excluding diaryl/α,β-unsaturated/α-hetero) is 1. The zero-order valence-electron chi connectivity index (χ0n) is 14.5. The summed E-state index contributed by atoms with van der Waals surface area (Å²) in [5.74, 6) is 0.211. The second-order valence-corrected chi connectivity index (χ2v) is 7.30. The molecule has 1 aromatic heterocycles. The number of aromatic amines is 1. The van der Waals surface area contributed by atoms with E-state index in [9.17, 15) is 9.59 Å². The summed E-state index contributed by atoms with van der Waals surface area (Å²) in [5, 5.41) is 4.14. The number of nitrogens with one attached hydrogen (secondary N) is 2. The van der Waals surface area contributed by atoms with E-state index in [2.05, 4.69) is 10.3 Å². The average Bonchev–Trinajstić information content (AvgIpc) is 3.31. The van der Waals surface area contributed by atoms with Gasteiger partial charge in [-0.2, -0.15) is 0 Å². The molecule has 5 nitrogen and oxygen atoms in total. The number of rotatable bonds is 3. The van der Waals surface area contributed by atoms with Crippen molar-refractivity contribution in [3.63, 3.8) is 0 Å². The maximum absolute atomic E-state index is 12.9. The number of ketones is 1. The third kappa shape index (κ3) is 3.28. The van der Waals surface area contributed by atoms with Crippen LogP contribution in [0.25, 0.3) is 10.9 Å². The summed E-state index contributed by atoms with van der Waals surface area (Å²) in [6.45, 7) is 1.33. The predicted octanol–water partition coefficient (Wildman–Crippen LogP) is 3.71. The van der Waals surface area contributed by atoms with Gasteiger partial charge >= 0.3 is 6.03 Å². The number of likely N-dealkylation sites (tertiary alicyclic amines) is 1. The molecule has 132 valence electrons. The van der Waals surface area contributed by atoms with Gasteiger partial charge in [0.2, 0.25) is 0 Å². The van der Waals surface area contributed by atoms with Crippen LogP contribution in [0.15, 0.2) is 30.5 Å².